The second-order valence-corrected chi connectivity index (χ2v) is 6.91. The van der Waals surface area contributed by atoms with Crippen LogP contribution in [-0.4, -0.2) is 18.5 Å². The topological polar surface area (TPSA) is 52.6 Å². The zero-order valence-electron chi connectivity index (χ0n) is 14.9. The fourth-order valence-electron chi connectivity index (χ4n) is 2.38. The van der Waals surface area contributed by atoms with Gasteiger partial charge in [-0.05, 0) is 18.4 Å². The fourth-order valence-corrected chi connectivity index (χ4v) is 2.84. The Balaban J connectivity index is 1.58. The molecule has 0 aliphatic carbocycles. The van der Waals surface area contributed by atoms with E-state index < -0.39 is 11.5 Å². The summed E-state index contributed by atoms with van der Waals surface area (Å²) in [6.07, 6.45) is 1.49. The fraction of sp³-hybridized carbons (Fsp3) is 0.333. The SMILES string of the molecule is O=C(CCCCC(=O)OC(Cl)c1ccccc1)OCC(Cl)c1ccccc1. The minimum atomic E-state index is -0.803. The number of esters is 2. The van der Waals surface area contributed by atoms with E-state index in [2.05, 4.69) is 0 Å². The van der Waals surface area contributed by atoms with Gasteiger partial charge in [0.15, 0.2) is 0 Å². The second-order valence-electron chi connectivity index (χ2n) is 5.98. The van der Waals surface area contributed by atoms with Crippen molar-refractivity contribution in [2.24, 2.45) is 0 Å². The molecule has 0 radical (unpaired) electrons. The molecule has 0 N–H and O–H groups in total. The van der Waals surface area contributed by atoms with Gasteiger partial charge in [0.25, 0.3) is 0 Å². The van der Waals surface area contributed by atoms with Gasteiger partial charge in [-0.1, -0.05) is 72.3 Å². The van der Waals surface area contributed by atoms with Crippen molar-refractivity contribution in [2.75, 3.05) is 6.61 Å². The van der Waals surface area contributed by atoms with E-state index >= 15 is 0 Å². The molecule has 0 aliphatic heterocycles. The number of hydrogen-bond acceptors (Lipinski definition) is 4. The molecular formula is C21H22Cl2O4. The highest BCUT2D eigenvalue weighted by Crippen LogP contribution is 2.22. The van der Waals surface area contributed by atoms with Crippen LogP contribution < -0.4 is 0 Å². The average molecular weight is 409 g/mol. The number of rotatable bonds is 10. The monoisotopic (exact) mass is 408 g/mol. The molecule has 0 bridgehead atoms. The van der Waals surface area contributed by atoms with Crippen molar-refractivity contribution < 1.29 is 19.1 Å². The van der Waals surface area contributed by atoms with Crippen molar-refractivity contribution in [2.45, 2.75) is 36.6 Å². The summed E-state index contributed by atoms with van der Waals surface area (Å²) in [6, 6.07) is 18.5. The molecule has 27 heavy (non-hydrogen) atoms. The summed E-state index contributed by atoms with van der Waals surface area (Å²) in [6.45, 7) is 0.122. The van der Waals surface area contributed by atoms with Crippen molar-refractivity contribution in [3.8, 4) is 0 Å². The average Bonchev–Trinajstić information content (AvgIpc) is 2.70. The molecule has 6 heteroatoms. The van der Waals surface area contributed by atoms with E-state index in [0.717, 1.165) is 11.1 Å². The maximum Gasteiger partial charge on any atom is 0.307 e. The summed E-state index contributed by atoms with van der Waals surface area (Å²) in [4.78, 5) is 23.6. The zero-order chi connectivity index (χ0) is 19.5. The van der Waals surface area contributed by atoms with Crippen LogP contribution in [0.15, 0.2) is 60.7 Å². The Hall–Kier alpha value is -2.04. The molecule has 144 valence electrons. The van der Waals surface area contributed by atoms with Crippen molar-refractivity contribution in [3.63, 3.8) is 0 Å². The Morgan fingerprint density at radius 1 is 0.778 bits per heavy atom. The van der Waals surface area contributed by atoms with Crippen LogP contribution in [0.4, 0.5) is 0 Å². The van der Waals surface area contributed by atoms with Crippen molar-refractivity contribution in [1.29, 1.82) is 0 Å². The molecule has 0 heterocycles. The summed E-state index contributed by atoms with van der Waals surface area (Å²) in [5.74, 6) is -0.721. The molecule has 2 aromatic carbocycles. The number of alkyl halides is 2. The van der Waals surface area contributed by atoms with E-state index in [9.17, 15) is 9.59 Å². The van der Waals surface area contributed by atoms with Gasteiger partial charge in [0.1, 0.15) is 6.61 Å². The van der Waals surface area contributed by atoms with Gasteiger partial charge in [0.05, 0.1) is 5.38 Å². The van der Waals surface area contributed by atoms with Gasteiger partial charge in [0.2, 0.25) is 5.56 Å². The summed E-state index contributed by atoms with van der Waals surface area (Å²) >= 11 is 12.3. The minimum Gasteiger partial charge on any atom is -0.464 e. The molecule has 0 spiro atoms. The molecule has 0 saturated carbocycles. The summed E-state index contributed by atoms with van der Waals surface area (Å²) in [5, 5.41) is -0.372. The van der Waals surface area contributed by atoms with E-state index in [1.54, 1.807) is 12.1 Å². The van der Waals surface area contributed by atoms with Crippen LogP contribution in [0.5, 0.6) is 0 Å². The Kier molecular flexibility index (Phi) is 9.16. The lowest BCUT2D eigenvalue weighted by Crippen LogP contribution is -2.10. The number of halogens is 2. The maximum atomic E-state index is 11.8. The Morgan fingerprint density at radius 2 is 1.30 bits per heavy atom. The normalized spacial score (nSPS) is 12.8. The highest BCUT2D eigenvalue weighted by molar-refractivity contribution is 6.21. The highest BCUT2D eigenvalue weighted by atomic mass is 35.5. The number of carbonyl (C=O) groups is 2. The highest BCUT2D eigenvalue weighted by Gasteiger charge is 2.14. The lowest BCUT2D eigenvalue weighted by Gasteiger charge is -2.12. The van der Waals surface area contributed by atoms with Crippen molar-refractivity contribution >= 4 is 35.1 Å². The smallest absolute Gasteiger partial charge is 0.307 e. The Labute approximate surface area is 169 Å². The Morgan fingerprint density at radius 3 is 1.89 bits per heavy atom. The number of hydrogen-bond donors (Lipinski definition) is 0. The number of unbranched alkanes of at least 4 members (excludes halogenated alkanes) is 1. The van der Waals surface area contributed by atoms with E-state index in [-0.39, 0.29) is 30.8 Å². The maximum absolute atomic E-state index is 11.8. The molecule has 0 amide bonds. The van der Waals surface area contributed by atoms with Gasteiger partial charge in [-0.15, -0.1) is 11.6 Å². The van der Waals surface area contributed by atoms with Crippen molar-refractivity contribution in [1.82, 2.24) is 0 Å². The molecule has 2 rings (SSSR count). The summed E-state index contributed by atoms with van der Waals surface area (Å²) < 4.78 is 10.3. The molecule has 0 aliphatic rings. The third-order valence-corrected chi connectivity index (χ3v) is 4.58. The lowest BCUT2D eigenvalue weighted by molar-refractivity contribution is -0.147. The van der Waals surface area contributed by atoms with Crippen LogP contribution in [0.2, 0.25) is 0 Å². The molecule has 4 nitrogen and oxygen atoms in total. The van der Waals surface area contributed by atoms with Crippen LogP contribution in [-0.2, 0) is 19.1 Å². The molecular weight excluding hydrogens is 387 g/mol. The number of carbonyl (C=O) groups excluding carboxylic acids is 2. The van der Waals surface area contributed by atoms with E-state index in [1.165, 1.54) is 0 Å². The first-order valence-corrected chi connectivity index (χ1v) is 9.66. The van der Waals surface area contributed by atoms with Crippen LogP contribution in [0.25, 0.3) is 0 Å². The molecule has 2 aromatic rings. The molecule has 0 saturated heterocycles. The quantitative estimate of drug-likeness (QED) is 0.293. The third-order valence-electron chi connectivity index (χ3n) is 3.86. The first kappa shape index (κ1) is 21.3. The second kappa shape index (κ2) is 11.6. The standard InChI is InChI=1S/C21H22Cl2O4/c22-18(16-9-3-1-4-10-16)15-26-19(24)13-7-8-14-20(25)27-21(23)17-11-5-2-6-12-17/h1-6,9-12,18,21H,7-8,13-15H2. The number of benzene rings is 2. The van der Waals surface area contributed by atoms with E-state index in [0.29, 0.717) is 12.8 Å². The Bertz CT molecular complexity index is 707. The summed E-state index contributed by atoms with van der Waals surface area (Å²) in [5.41, 5.74) is 0.830. The third kappa shape index (κ3) is 8.02. The summed E-state index contributed by atoms with van der Waals surface area (Å²) in [7, 11) is 0. The van der Waals surface area contributed by atoms with Gasteiger partial charge in [-0.25, -0.2) is 0 Å². The predicted molar refractivity (Wildman–Crippen MR) is 106 cm³/mol. The largest absolute Gasteiger partial charge is 0.464 e. The number of ether oxygens (including phenoxy) is 2. The van der Waals surface area contributed by atoms with Gasteiger partial charge in [-0.3, -0.25) is 9.59 Å². The first-order valence-electron chi connectivity index (χ1n) is 8.79. The van der Waals surface area contributed by atoms with Crippen LogP contribution >= 0.6 is 23.2 Å². The predicted octanol–water partition coefficient (Wildman–Crippen LogP) is 5.55. The van der Waals surface area contributed by atoms with Crippen molar-refractivity contribution in [3.05, 3.63) is 71.8 Å². The van der Waals surface area contributed by atoms with Crippen LogP contribution in [0.3, 0.4) is 0 Å². The molecule has 0 fully saturated rings. The zero-order valence-corrected chi connectivity index (χ0v) is 16.4. The molecule has 2 unspecified atom stereocenters. The van der Waals surface area contributed by atoms with Gasteiger partial charge >= 0.3 is 11.9 Å². The van der Waals surface area contributed by atoms with Crippen LogP contribution in [0, 0.1) is 0 Å². The minimum absolute atomic E-state index is 0.122. The van der Waals surface area contributed by atoms with Crippen LogP contribution in [0.1, 0.15) is 47.8 Å². The lowest BCUT2D eigenvalue weighted by atomic mass is 10.1. The van der Waals surface area contributed by atoms with E-state index in [1.807, 2.05) is 48.5 Å². The molecule has 2 atom stereocenters. The van der Waals surface area contributed by atoms with Gasteiger partial charge in [-0.2, -0.15) is 0 Å². The first-order chi connectivity index (χ1) is 13.1. The molecule has 0 aromatic heterocycles. The van der Waals surface area contributed by atoms with E-state index in [4.69, 9.17) is 32.7 Å². The van der Waals surface area contributed by atoms with Gasteiger partial charge < -0.3 is 9.47 Å². The van der Waals surface area contributed by atoms with Gasteiger partial charge in [0, 0.05) is 18.4 Å².